The molecule has 0 aliphatic heterocycles. The lowest BCUT2D eigenvalue weighted by Gasteiger charge is -2.07. The van der Waals surface area contributed by atoms with Crippen molar-refractivity contribution in [1.82, 2.24) is 5.43 Å². The molecular weight excluding hydrogens is 364 g/mol. The van der Waals surface area contributed by atoms with Gasteiger partial charge in [-0.3, -0.25) is 4.79 Å². The van der Waals surface area contributed by atoms with Crippen LogP contribution in [0.25, 0.3) is 0 Å². The van der Waals surface area contributed by atoms with Gasteiger partial charge in [-0.05, 0) is 42.0 Å². The van der Waals surface area contributed by atoms with E-state index in [4.69, 9.17) is 9.47 Å². The van der Waals surface area contributed by atoms with Crippen LogP contribution in [0.1, 0.15) is 15.9 Å². The number of nitrogens with zero attached hydrogens (tertiary/aromatic N) is 1. The molecule has 0 aliphatic carbocycles. The van der Waals surface area contributed by atoms with E-state index in [0.717, 1.165) is 4.47 Å². The lowest BCUT2D eigenvalue weighted by molar-refractivity contribution is 0.0952. The van der Waals surface area contributed by atoms with Crippen LogP contribution in [0.5, 0.6) is 17.2 Å². The molecule has 0 fully saturated rings. The quantitative estimate of drug-likeness (QED) is 0.619. The molecule has 2 aromatic rings. The van der Waals surface area contributed by atoms with Gasteiger partial charge in [-0.15, -0.1) is 0 Å². The summed E-state index contributed by atoms with van der Waals surface area (Å²) in [7, 11) is 2.96. The average molecular weight is 379 g/mol. The van der Waals surface area contributed by atoms with Crippen molar-refractivity contribution in [3.05, 3.63) is 52.0 Å². The summed E-state index contributed by atoms with van der Waals surface area (Å²) in [5.41, 5.74) is 3.39. The molecule has 0 radical (unpaired) electrons. The summed E-state index contributed by atoms with van der Waals surface area (Å²) in [6.07, 6.45) is 1.42. The van der Waals surface area contributed by atoms with Crippen LogP contribution in [0.4, 0.5) is 0 Å². The SMILES string of the molecule is COc1ccc(/C=N\NC(=O)c2cc(Br)ccc2OC)cc1O. The van der Waals surface area contributed by atoms with Crippen molar-refractivity contribution >= 4 is 28.1 Å². The van der Waals surface area contributed by atoms with E-state index < -0.39 is 5.91 Å². The number of hydrogen-bond donors (Lipinski definition) is 2. The lowest BCUT2D eigenvalue weighted by atomic mass is 10.2. The Morgan fingerprint density at radius 1 is 1.17 bits per heavy atom. The largest absolute Gasteiger partial charge is 0.504 e. The van der Waals surface area contributed by atoms with Crippen molar-refractivity contribution in [1.29, 1.82) is 0 Å². The van der Waals surface area contributed by atoms with Crippen LogP contribution in [0, 0.1) is 0 Å². The Labute approximate surface area is 141 Å². The summed E-state index contributed by atoms with van der Waals surface area (Å²) in [5.74, 6) is 0.404. The third-order valence-corrected chi connectivity index (χ3v) is 3.48. The Morgan fingerprint density at radius 2 is 1.87 bits per heavy atom. The van der Waals surface area contributed by atoms with Gasteiger partial charge < -0.3 is 14.6 Å². The molecule has 0 aliphatic rings. The van der Waals surface area contributed by atoms with Gasteiger partial charge in [-0.25, -0.2) is 5.43 Å². The highest BCUT2D eigenvalue weighted by Crippen LogP contribution is 2.25. The predicted octanol–water partition coefficient (Wildman–Crippen LogP) is 2.94. The van der Waals surface area contributed by atoms with Gasteiger partial charge in [0.1, 0.15) is 5.75 Å². The molecule has 1 amide bonds. The topological polar surface area (TPSA) is 80.2 Å². The zero-order valence-corrected chi connectivity index (χ0v) is 14.1. The molecule has 0 saturated carbocycles. The third kappa shape index (κ3) is 4.23. The number of hydrogen-bond acceptors (Lipinski definition) is 5. The number of carbonyl (C=O) groups excluding carboxylic acids is 1. The van der Waals surface area contributed by atoms with E-state index in [-0.39, 0.29) is 5.75 Å². The Hall–Kier alpha value is -2.54. The number of phenolic OH excluding ortho intramolecular Hbond substituents is 1. The van der Waals surface area contributed by atoms with Crippen molar-refractivity contribution in [3.63, 3.8) is 0 Å². The third-order valence-electron chi connectivity index (χ3n) is 2.99. The number of rotatable bonds is 5. The minimum absolute atomic E-state index is 0.00330. The maximum atomic E-state index is 12.1. The van der Waals surface area contributed by atoms with Crippen molar-refractivity contribution in [2.45, 2.75) is 0 Å². The second-order valence-corrected chi connectivity index (χ2v) is 5.39. The van der Waals surface area contributed by atoms with Crippen molar-refractivity contribution in [3.8, 4) is 17.2 Å². The van der Waals surface area contributed by atoms with Crippen molar-refractivity contribution < 1.29 is 19.4 Å². The van der Waals surface area contributed by atoms with E-state index in [2.05, 4.69) is 26.5 Å². The predicted molar refractivity (Wildman–Crippen MR) is 90.4 cm³/mol. The first kappa shape index (κ1) is 16.8. The number of amides is 1. The number of benzene rings is 2. The molecule has 23 heavy (non-hydrogen) atoms. The molecule has 0 heterocycles. The smallest absolute Gasteiger partial charge is 0.275 e. The second kappa shape index (κ2) is 7.64. The molecule has 2 N–H and O–H groups in total. The molecule has 0 atom stereocenters. The highest BCUT2D eigenvalue weighted by Gasteiger charge is 2.12. The van der Waals surface area contributed by atoms with Crippen LogP contribution in [-0.2, 0) is 0 Å². The molecule has 7 heteroatoms. The second-order valence-electron chi connectivity index (χ2n) is 4.48. The highest BCUT2D eigenvalue weighted by molar-refractivity contribution is 9.10. The van der Waals surface area contributed by atoms with E-state index in [1.165, 1.54) is 26.5 Å². The number of hydrazone groups is 1. The fourth-order valence-electron chi connectivity index (χ4n) is 1.87. The van der Waals surface area contributed by atoms with E-state index in [0.29, 0.717) is 22.6 Å². The summed E-state index contributed by atoms with van der Waals surface area (Å²) in [5, 5.41) is 13.6. The fraction of sp³-hybridized carbons (Fsp3) is 0.125. The molecule has 0 saturated heterocycles. The number of halogens is 1. The van der Waals surface area contributed by atoms with E-state index in [9.17, 15) is 9.90 Å². The molecule has 0 unspecified atom stereocenters. The summed E-state index contributed by atoms with van der Waals surface area (Å²) >= 11 is 3.31. The van der Waals surface area contributed by atoms with Crippen molar-refractivity contribution in [2.75, 3.05) is 14.2 Å². The Balaban J connectivity index is 2.10. The summed E-state index contributed by atoms with van der Waals surface area (Å²) < 4.78 is 10.9. The standard InChI is InChI=1S/C16H15BrN2O4/c1-22-14-6-4-11(17)8-12(14)16(21)19-18-9-10-3-5-15(23-2)13(20)7-10/h3-9,20H,1-2H3,(H,19,21)/b18-9-. The Bertz CT molecular complexity index is 747. The number of phenols is 1. The first-order chi connectivity index (χ1) is 11.0. The monoisotopic (exact) mass is 378 g/mol. The van der Waals surface area contributed by atoms with Crippen LogP contribution >= 0.6 is 15.9 Å². The summed E-state index contributed by atoms with van der Waals surface area (Å²) in [6, 6.07) is 9.89. The van der Waals surface area contributed by atoms with Gasteiger partial charge in [0.2, 0.25) is 0 Å². The van der Waals surface area contributed by atoms with E-state index in [1.54, 1.807) is 30.3 Å². The number of aromatic hydroxyl groups is 1. The van der Waals surface area contributed by atoms with Crippen LogP contribution in [-0.4, -0.2) is 31.4 Å². The summed E-state index contributed by atoms with van der Waals surface area (Å²) in [4.78, 5) is 12.1. The molecule has 0 bridgehead atoms. The fourth-order valence-corrected chi connectivity index (χ4v) is 2.23. The van der Waals surface area contributed by atoms with Crippen molar-refractivity contribution in [2.24, 2.45) is 5.10 Å². The Morgan fingerprint density at radius 3 is 2.52 bits per heavy atom. The minimum Gasteiger partial charge on any atom is -0.504 e. The number of methoxy groups -OCH3 is 2. The van der Waals surface area contributed by atoms with Gasteiger partial charge in [-0.1, -0.05) is 15.9 Å². The summed E-state index contributed by atoms with van der Waals surface area (Å²) in [6.45, 7) is 0. The van der Waals surface area contributed by atoms with Crippen LogP contribution in [0.2, 0.25) is 0 Å². The number of carbonyl (C=O) groups is 1. The first-order valence-electron chi connectivity index (χ1n) is 6.59. The van der Waals surface area contributed by atoms with Crippen LogP contribution < -0.4 is 14.9 Å². The van der Waals surface area contributed by atoms with Gasteiger partial charge in [0, 0.05) is 4.47 Å². The average Bonchev–Trinajstić information content (AvgIpc) is 2.55. The maximum absolute atomic E-state index is 12.1. The molecule has 6 nitrogen and oxygen atoms in total. The van der Waals surface area contributed by atoms with E-state index in [1.807, 2.05) is 0 Å². The van der Waals surface area contributed by atoms with Gasteiger partial charge >= 0.3 is 0 Å². The lowest BCUT2D eigenvalue weighted by Crippen LogP contribution is -2.18. The number of nitrogens with one attached hydrogen (secondary N) is 1. The zero-order chi connectivity index (χ0) is 16.8. The molecule has 2 rings (SSSR count). The van der Waals surface area contributed by atoms with Gasteiger partial charge in [-0.2, -0.15) is 5.10 Å². The molecule has 0 aromatic heterocycles. The molecule has 120 valence electrons. The highest BCUT2D eigenvalue weighted by atomic mass is 79.9. The first-order valence-corrected chi connectivity index (χ1v) is 7.38. The number of ether oxygens (including phenoxy) is 2. The Kier molecular flexibility index (Phi) is 5.59. The molecule has 0 spiro atoms. The zero-order valence-electron chi connectivity index (χ0n) is 12.5. The molecular formula is C16H15BrN2O4. The minimum atomic E-state index is -0.405. The van der Waals surface area contributed by atoms with Crippen LogP contribution in [0.15, 0.2) is 46.0 Å². The normalized spacial score (nSPS) is 10.6. The van der Waals surface area contributed by atoms with E-state index >= 15 is 0 Å². The van der Waals surface area contributed by atoms with Gasteiger partial charge in [0.15, 0.2) is 11.5 Å². The van der Waals surface area contributed by atoms with Gasteiger partial charge in [0.25, 0.3) is 5.91 Å². The van der Waals surface area contributed by atoms with Gasteiger partial charge in [0.05, 0.1) is 26.0 Å². The van der Waals surface area contributed by atoms with Crippen LogP contribution in [0.3, 0.4) is 0 Å². The maximum Gasteiger partial charge on any atom is 0.275 e. The molecule has 2 aromatic carbocycles.